The van der Waals surface area contributed by atoms with E-state index in [1.54, 1.807) is 18.6 Å². The smallest absolute Gasteiger partial charge is 0.233 e. The van der Waals surface area contributed by atoms with Gasteiger partial charge in [-0.25, -0.2) is 0 Å². The van der Waals surface area contributed by atoms with E-state index in [-0.39, 0.29) is 24.3 Å². The minimum atomic E-state index is -0.312. The van der Waals surface area contributed by atoms with E-state index in [1.165, 1.54) is 0 Å². The number of rotatable bonds is 3. The van der Waals surface area contributed by atoms with Gasteiger partial charge in [0.1, 0.15) is 6.42 Å². The van der Waals surface area contributed by atoms with E-state index in [0.29, 0.717) is 11.4 Å². The number of benzene rings is 1. The minimum Gasteiger partial charge on any atom is -0.472 e. The molecule has 1 unspecified atom stereocenters. The van der Waals surface area contributed by atoms with Gasteiger partial charge < -0.3 is 20.4 Å². The molecule has 0 fully saturated rings. The van der Waals surface area contributed by atoms with Crippen LogP contribution < -0.4 is 16.0 Å². The molecule has 0 saturated heterocycles. The summed E-state index contributed by atoms with van der Waals surface area (Å²) in [6.07, 6.45) is 3.12. The molecule has 1 aromatic heterocycles. The van der Waals surface area contributed by atoms with Gasteiger partial charge in [-0.1, -0.05) is 6.07 Å². The van der Waals surface area contributed by atoms with Crippen molar-refractivity contribution in [2.24, 2.45) is 0 Å². The average Bonchev–Trinajstić information content (AvgIpc) is 2.91. The topological polar surface area (TPSA) is 83.4 Å². The van der Waals surface area contributed by atoms with Gasteiger partial charge in [0.2, 0.25) is 11.8 Å². The number of amides is 2. The van der Waals surface area contributed by atoms with Gasteiger partial charge in [-0.3, -0.25) is 9.59 Å². The summed E-state index contributed by atoms with van der Waals surface area (Å²) in [4.78, 5) is 23.2. The molecular weight excluding hydrogens is 270 g/mol. The highest BCUT2D eigenvalue weighted by molar-refractivity contribution is 6.13. The van der Waals surface area contributed by atoms with Crippen LogP contribution in [0.4, 0.5) is 11.4 Å². The van der Waals surface area contributed by atoms with Crippen LogP contribution >= 0.6 is 0 Å². The Morgan fingerprint density at radius 1 is 1.10 bits per heavy atom. The van der Waals surface area contributed by atoms with Crippen LogP contribution in [0.15, 0.2) is 41.2 Å². The molecule has 0 aliphatic carbocycles. The second-order valence-electron chi connectivity index (χ2n) is 4.86. The number of nitrogens with one attached hydrogen (secondary N) is 3. The highest BCUT2D eigenvalue weighted by Gasteiger charge is 2.20. The summed E-state index contributed by atoms with van der Waals surface area (Å²) < 4.78 is 5.12. The first kappa shape index (κ1) is 13.4. The molecule has 1 aliphatic heterocycles. The molecule has 2 aromatic rings. The lowest BCUT2D eigenvalue weighted by atomic mass is 10.0. The number of carbonyl (C=O) groups is 2. The van der Waals surface area contributed by atoms with Crippen LogP contribution in [-0.2, 0) is 9.59 Å². The van der Waals surface area contributed by atoms with E-state index in [0.717, 1.165) is 11.1 Å². The largest absolute Gasteiger partial charge is 0.472 e. The third-order valence-corrected chi connectivity index (χ3v) is 3.41. The third-order valence-electron chi connectivity index (χ3n) is 3.41. The number of carbonyl (C=O) groups excluding carboxylic acids is 2. The van der Waals surface area contributed by atoms with Crippen molar-refractivity contribution in [1.29, 1.82) is 0 Å². The Balaban J connectivity index is 1.98. The molecule has 3 N–H and O–H groups in total. The molecule has 2 heterocycles. The minimum absolute atomic E-state index is 0.0510. The molecule has 21 heavy (non-hydrogen) atoms. The first-order chi connectivity index (χ1) is 10.2. The van der Waals surface area contributed by atoms with Gasteiger partial charge in [-0.2, -0.15) is 0 Å². The molecule has 1 aliphatic rings. The number of hydrogen-bond donors (Lipinski definition) is 3. The van der Waals surface area contributed by atoms with Gasteiger partial charge in [-0.15, -0.1) is 0 Å². The first-order valence-electron chi connectivity index (χ1n) is 6.60. The highest BCUT2D eigenvalue weighted by atomic mass is 16.3. The van der Waals surface area contributed by atoms with Crippen molar-refractivity contribution in [2.45, 2.75) is 12.5 Å². The number of anilines is 2. The summed E-state index contributed by atoms with van der Waals surface area (Å²) >= 11 is 0. The fourth-order valence-electron chi connectivity index (χ4n) is 2.45. The summed E-state index contributed by atoms with van der Waals surface area (Å²) in [6, 6.07) is 7.38. The van der Waals surface area contributed by atoms with Crippen molar-refractivity contribution < 1.29 is 14.0 Å². The van der Waals surface area contributed by atoms with Crippen LogP contribution in [0.2, 0.25) is 0 Å². The molecule has 108 valence electrons. The lowest BCUT2D eigenvalue weighted by molar-refractivity contribution is -0.123. The predicted molar refractivity (Wildman–Crippen MR) is 77.9 cm³/mol. The number of hydrogen-bond acceptors (Lipinski definition) is 4. The molecule has 1 atom stereocenters. The lowest BCUT2D eigenvalue weighted by Crippen LogP contribution is -2.17. The van der Waals surface area contributed by atoms with E-state index in [2.05, 4.69) is 16.0 Å². The highest BCUT2D eigenvalue weighted by Crippen LogP contribution is 2.30. The van der Waals surface area contributed by atoms with E-state index in [1.807, 2.05) is 25.2 Å². The molecular formula is C15H15N3O3. The van der Waals surface area contributed by atoms with E-state index >= 15 is 0 Å². The van der Waals surface area contributed by atoms with Crippen LogP contribution in [0.1, 0.15) is 23.6 Å². The zero-order chi connectivity index (χ0) is 14.8. The van der Waals surface area contributed by atoms with Gasteiger partial charge >= 0.3 is 0 Å². The van der Waals surface area contributed by atoms with E-state index < -0.39 is 0 Å². The molecule has 0 spiro atoms. The maximum absolute atomic E-state index is 11.6. The van der Waals surface area contributed by atoms with Crippen LogP contribution in [0.25, 0.3) is 0 Å². The molecule has 3 rings (SSSR count). The van der Waals surface area contributed by atoms with E-state index in [4.69, 9.17) is 4.42 Å². The third kappa shape index (κ3) is 2.66. The predicted octanol–water partition coefficient (Wildman–Crippen LogP) is 1.87. The molecule has 1 aromatic carbocycles. The monoisotopic (exact) mass is 285 g/mol. The summed E-state index contributed by atoms with van der Waals surface area (Å²) in [6.45, 7) is 0. The van der Waals surface area contributed by atoms with Crippen LogP contribution in [0.5, 0.6) is 0 Å². The Kier molecular flexibility index (Phi) is 3.45. The molecule has 2 amide bonds. The summed E-state index contributed by atoms with van der Waals surface area (Å²) in [7, 11) is 1.85. The number of fused-ring (bicyclic) bond motifs is 1. The Bertz CT molecular complexity index is 679. The van der Waals surface area contributed by atoms with Gasteiger partial charge in [0.05, 0.1) is 29.9 Å². The first-order valence-corrected chi connectivity index (χ1v) is 6.60. The Labute approximate surface area is 121 Å². The Morgan fingerprint density at radius 3 is 2.52 bits per heavy atom. The fourth-order valence-corrected chi connectivity index (χ4v) is 2.45. The maximum Gasteiger partial charge on any atom is 0.233 e. The Hall–Kier alpha value is -2.60. The average molecular weight is 285 g/mol. The second-order valence-corrected chi connectivity index (χ2v) is 4.86. The summed E-state index contributed by atoms with van der Waals surface area (Å²) in [5.41, 5.74) is 3.17. The maximum atomic E-state index is 11.6. The normalized spacial score (nSPS) is 15.7. The molecule has 6 heteroatoms. The van der Waals surface area contributed by atoms with Crippen LogP contribution in [-0.4, -0.2) is 18.9 Å². The zero-order valence-electron chi connectivity index (χ0n) is 11.5. The van der Waals surface area contributed by atoms with Crippen LogP contribution in [0, 0.1) is 0 Å². The standard InChI is InChI=1S/C15H15N3O3/c1-16-15(10-4-5-21-8-10)9-2-3-11-12(6-9)18-14(20)7-13(19)17-11/h2-6,8,15-16H,7H2,1H3,(H,17,19)(H,18,20). The van der Waals surface area contributed by atoms with Crippen molar-refractivity contribution in [3.63, 3.8) is 0 Å². The fraction of sp³-hybridized carbons (Fsp3) is 0.200. The van der Waals surface area contributed by atoms with Gasteiger partial charge in [0, 0.05) is 5.56 Å². The van der Waals surface area contributed by atoms with Crippen molar-refractivity contribution in [1.82, 2.24) is 5.32 Å². The molecule has 0 radical (unpaired) electrons. The SMILES string of the molecule is CNC(c1ccoc1)c1ccc2c(c1)NC(=O)CC(=O)N2. The summed E-state index contributed by atoms with van der Waals surface area (Å²) in [5, 5.41) is 8.66. The molecule has 0 saturated carbocycles. The second kappa shape index (κ2) is 5.41. The summed E-state index contributed by atoms with van der Waals surface area (Å²) in [5.74, 6) is -0.619. The van der Waals surface area contributed by atoms with Gasteiger partial charge in [0.15, 0.2) is 0 Å². The quantitative estimate of drug-likeness (QED) is 0.752. The van der Waals surface area contributed by atoms with Gasteiger partial charge in [-0.05, 0) is 30.8 Å². The van der Waals surface area contributed by atoms with Crippen molar-refractivity contribution in [3.05, 3.63) is 47.9 Å². The molecule has 6 nitrogen and oxygen atoms in total. The number of furan rings is 1. The van der Waals surface area contributed by atoms with Crippen molar-refractivity contribution in [2.75, 3.05) is 17.7 Å². The van der Waals surface area contributed by atoms with E-state index in [9.17, 15) is 9.59 Å². The zero-order valence-corrected chi connectivity index (χ0v) is 11.5. The van der Waals surface area contributed by atoms with Crippen molar-refractivity contribution in [3.8, 4) is 0 Å². The van der Waals surface area contributed by atoms with Crippen LogP contribution in [0.3, 0.4) is 0 Å². The van der Waals surface area contributed by atoms with Gasteiger partial charge in [0.25, 0.3) is 0 Å². The Morgan fingerprint density at radius 2 is 1.86 bits per heavy atom. The lowest BCUT2D eigenvalue weighted by Gasteiger charge is -2.17. The molecule has 0 bridgehead atoms. The van der Waals surface area contributed by atoms with Crippen molar-refractivity contribution >= 4 is 23.2 Å².